The lowest BCUT2D eigenvalue weighted by molar-refractivity contribution is -0.111. The Kier molecular flexibility index (Phi) is 6.69. The topological polar surface area (TPSA) is 78.4 Å². The first-order valence-electron chi connectivity index (χ1n) is 10.5. The molecule has 6 nitrogen and oxygen atoms in total. The molecule has 0 bridgehead atoms. The van der Waals surface area contributed by atoms with E-state index in [1.165, 1.54) is 6.08 Å². The molecule has 1 amide bonds. The molecule has 0 atom stereocenters. The first kappa shape index (κ1) is 20.8. The van der Waals surface area contributed by atoms with Crippen molar-refractivity contribution in [1.82, 2.24) is 9.97 Å². The molecule has 0 unspecified atom stereocenters. The molecule has 2 N–H and O–H groups in total. The number of amides is 1. The summed E-state index contributed by atoms with van der Waals surface area (Å²) in [7, 11) is 0. The van der Waals surface area contributed by atoms with Crippen LogP contribution in [0.2, 0.25) is 0 Å². The molecular formula is C25H26N4O2. The predicted molar refractivity (Wildman–Crippen MR) is 124 cm³/mol. The van der Waals surface area contributed by atoms with Gasteiger partial charge in [0.15, 0.2) is 0 Å². The van der Waals surface area contributed by atoms with Crippen molar-refractivity contribution in [2.24, 2.45) is 5.92 Å². The van der Waals surface area contributed by atoms with Crippen molar-refractivity contribution in [2.75, 3.05) is 29.9 Å². The number of carbonyl (C=O) groups excluding carboxylic acids is 1. The maximum atomic E-state index is 12.1. The zero-order valence-electron chi connectivity index (χ0n) is 17.3. The molecule has 4 rings (SSSR count). The monoisotopic (exact) mass is 414 g/mol. The Morgan fingerprint density at radius 1 is 1.06 bits per heavy atom. The maximum absolute atomic E-state index is 12.1. The van der Waals surface area contributed by atoms with Crippen LogP contribution in [-0.4, -0.2) is 40.7 Å². The number of hydrogen-bond donors (Lipinski definition) is 2. The van der Waals surface area contributed by atoms with Crippen LogP contribution < -0.4 is 10.2 Å². The van der Waals surface area contributed by atoms with Gasteiger partial charge >= 0.3 is 0 Å². The fourth-order valence-electron chi connectivity index (χ4n) is 3.66. The predicted octanol–water partition coefficient (Wildman–Crippen LogP) is 4.00. The normalized spacial score (nSPS) is 14.7. The summed E-state index contributed by atoms with van der Waals surface area (Å²) in [5.41, 5.74) is 2.96. The number of anilines is 2. The lowest BCUT2D eigenvalue weighted by atomic mass is 9.98. The molecule has 158 valence electrons. The van der Waals surface area contributed by atoms with Crippen LogP contribution in [0.1, 0.15) is 18.4 Å². The van der Waals surface area contributed by atoms with Gasteiger partial charge in [-0.15, -0.1) is 0 Å². The Labute approximate surface area is 182 Å². The molecule has 3 aromatic rings. The number of nitrogens with zero attached hydrogens (tertiary/aromatic N) is 3. The van der Waals surface area contributed by atoms with Crippen LogP contribution in [0.25, 0.3) is 17.2 Å². The fourth-order valence-corrected chi connectivity index (χ4v) is 3.66. The van der Waals surface area contributed by atoms with Gasteiger partial charge in [-0.2, -0.15) is 0 Å². The van der Waals surface area contributed by atoms with Crippen LogP contribution >= 0.6 is 0 Å². The molecule has 0 saturated carbocycles. The molecule has 2 aromatic heterocycles. The molecule has 0 radical (unpaired) electrons. The second-order valence-corrected chi connectivity index (χ2v) is 7.68. The summed E-state index contributed by atoms with van der Waals surface area (Å²) in [6.45, 7) is 2.07. The van der Waals surface area contributed by atoms with Crippen molar-refractivity contribution in [1.29, 1.82) is 0 Å². The highest BCUT2D eigenvalue weighted by Crippen LogP contribution is 2.26. The van der Waals surface area contributed by atoms with Gasteiger partial charge in [0.25, 0.3) is 0 Å². The second-order valence-electron chi connectivity index (χ2n) is 7.68. The van der Waals surface area contributed by atoms with Crippen LogP contribution in [0.3, 0.4) is 0 Å². The lowest BCUT2D eigenvalue weighted by Gasteiger charge is -2.32. The minimum Gasteiger partial charge on any atom is -0.396 e. The first-order chi connectivity index (χ1) is 15.2. The molecule has 31 heavy (non-hydrogen) atoms. The number of pyridine rings is 2. The quantitative estimate of drug-likeness (QED) is 0.596. The highest BCUT2D eigenvalue weighted by molar-refractivity contribution is 6.01. The number of nitrogens with one attached hydrogen (secondary N) is 1. The van der Waals surface area contributed by atoms with E-state index in [-0.39, 0.29) is 12.5 Å². The summed E-state index contributed by atoms with van der Waals surface area (Å²) in [6.07, 6.45) is 8.81. The average molecular weight is 415 g/mol. The third-order valence-corrected chi connectivity index (χ3v) is 5.52. The maximum Gasteiger partial charge on any atom is 0.249 e. The zero-order chi connectivity index (χ0) is 21.5. The van der Waals surface area contributed by atoms with Crippen molar-refractivity contribution in [3.05, 3.63) is 78.6 Å². The van der Waals surface area contributed by atoms with Crippen LogP contribution in [0.15, 0.2) is 73.1 Å². The first-order valence-corrected chi connectivity index (χ1v) is 10.5. The van der Waals surface area contributed by atoms with Crippen LogP contribution in [-0.2, 0) is 4.79 Å². The van der Waals surface area contributed by atoms with Crippen molar-refractivity contribution < 1.29 is 9.90 Å². The molecule has 6 heteroatoms. The minimum atomic E-state index is -0.221. The third-order valence-electron chi connectivity index (χ3n) is 5.52. The Hall–Kier alpha value is -3.51. The van der Waals surface area contributed by atoms with E-state index in [2.05, 4.69) is 26.3 Å². The highest BCUT2D eigenvalue weighted by Gasteiger charge is 2.19. The molecule has 1 fully saturated rings. The standard InChI is InChI=1S/C25H26N4O2/c30-18-20-11-14-29(15-12-20)24-16-21(10-13-26-24)22-7-8-23(27-17-22)28-25(31)9-6-19-4-2-1-3-5-19/h1-10,13,16-17,20,30H,11-12,14-15,18H2,(H,27,28,31). The molecule has 3 heterocycles. The van der Waals surface area contributed by atoms with Crippen LogP contribution in [0, 0.1) is 5.92 Å². The summed E-state index contributed by atoms with van der Waals surface area (Å²) < 4.78 is 0. The van der Waals surface area contributed by atoms with Gasteiger partial charge in [-0.1, -0.05) is 30.3 Å². The molecule has 1 saturated heterocycles. The molecule has 1 aliphatic rings. The van der Waals surface area contributed by atoms with Gasteiger partial charge in [0.2, 0.25) is 5.91 Å². The summed E-state index contributed by atoms with van der Waals surface area (Å²) in [6, 6.07) is 17.5. The van der Waals surface area contributed by atoms with E-state index in [1.54, 1.807) is 18.3 Å². The van der Waals surface area contributed by atoms with Gasteiger partial charge in [-0.05, 0) is 60.2 Å². The number of carbonyl (C=O) groups is 1. The highest BCUT2D eigenvalue weighted by atomic mass is 16.3. The summed E-state index contributed by atoms with van der Waals surface area (Å²) >= 11 is 0. The van der Waals surface area contributed by atoms with E-state index in [4.69, 9.17) is 0 Å². The Morgan fingerprint density at radius 2 is 1.87 bits per heavy atom. The molecule has 1 aliphatic heterocycles. The van der Waals surface area contributed by atoms with Gasteiger partial charge in [0.1, 0.15) is 11.6 Å². The summed E-state index contributed by atoms with van der Waals surface area (Å²) in [5.74, 6) is 1.62. The Bertz CT molecular complexity index is 1030. The minimum absolute atomic E-state index is 0.221. The summed E-state index contributed by atoms with van der Waals surface area (Å²) in [5, 5.41) is 12.1. The molecule has 0 spiro atoms. The van der Waals surface area contributed by atoms with Crippen molar-refractivity contribution in [3.8, 4) is 11.1 Å². The Balaban J connectivity index is 1.39. The number of aliphatic hydroxyl groups is 1. The average Bonchev–Trinajstić information content (AvgIpc) is 2.84. The molecule has 0 aliphatic carbocycles. The van der Waals surface area contributed by atoms with Crippen LogP contribution in [0.4, 0.5) is 11.6 Å². The zero-order valence-corrected chi connectivity index (χ0v) is 17.3. The smallest absolute Gasteiger partial charge is 0.249 e. The lowest BCUT2D eigenvalue weighted by Crippen LogP contribution is -2.35. The van der Waals surface area contributed by atoms with Gasteiger partial charge in [-0.3, -0.25) is 4.79 Å². The second kappa shape index (κ2) is 10.00. The van der Waals surface area contributed by atoms with E-state index in [0.717, 1.165) is 48.4 Å². The Morgan fingerprint density at radius 3 is 2.58 bits per heavy atom. The SMILES string of the molecule is O=C(C=Cc1ccccc1)Nc1ccc(-c2ccnc(N3CCC(CO)CC3)c2)cn1. The van der Waals surface area contributed by atoms with Crippen molar-refractivity contribution in [2.45, 2.75) is 12.8 Å². The number of hydrogen-bond acceptors (Lipinski definition) is 5. The number of aliphatic hydroxyl groups excluding tert-OH is 1. The molecular weight excluding hydrogens is 388 g/mol. The van der Waals surface area contributed by atoms with Gasteiger partial charge in [0, 0.05) is 43.7 Å². The van der Waals surface area contributed by atoms with E-state index >= 15 is 0 Å². The number of benzene rings is 1. The van der Waals surface area contributed by atoms with E-state index < -0.39 is 0 Å². The van der Waals surface area contributed by atoms with Crippen molar-refractivity contribution in [3.63, 3.8) is 0 Å². The number of rotatable bonds is 6. The fraction of sp³-hybridized carbons (Fsp3) is 0.240. The molecule has 1 aromatic carbocycles. The summed E-state index contributed by atoms with van der Waals surface area (Å²) in [4.78, 5) is 23.3. The third kappa shape index (κ3) is 5.55. The van der Waals surface area contributed by atoms with E-state index in [0.29, 0.717) is 11.7 Å². The van der Waals surface area contributed by atoms with E-state index in [9.17, 15) is 9.90 Å². The number of aromatic nitrogens is 2. The van der Waals surface area contributed by atoms with Crippen LogP contribution in [0.5, 0.6) is 0 Å². The number of piperidine rings is 1. The van der Waals surface area contributed by atoms with Gasteiger partial charge in [0.05, 0.1) is 0 Å². The van der Waals surface area contributed by atoms with Gasteiger partial charge in [-0.25, -0.2) is 9.97 Å². The van der Waals surface area contributed by atoms with Gasteiger partial charge < -0.3 is 15.3 Å². The largest absolute Gasteiger partial charge is 0.396 e. The van der Waals surface area contributed by atoms with E-state index in [1.807, 2.05) is 48.7 Å². The van der Waals surface area contributed by atoms with Crippen molar-refractivity contribution >= 4 is 23.6 Å².